The Hall–Kier alpha value is -1.80. The number of nitrogens with zero attached hydrogens (tertiary/aromatic N) is 3. The van der Waals surface area contributed by atoms with E-state index in [0.717, 1.165) is 21.5 Å². The van der Waals surface area contributed by atoms with E-state index in [4.69, 9.17) is 5.26 Å². The van der Waals surface area contributed by atoms with Gasteiger partial charge in [-0.1, -0.05) is 12.1 Å². The van der Waals surface area contributed by atoms with Crippen LogP contribution in [0.1, 0.15) is 17.0 Å². The molecule has 1 aromatic heterocycles. The van der Waals surface area contributed by atoms with E-state index in [0.29, 0.717) is 12.1 Å². The molecule has 0 amide bonds. The van der Waals surface area contributed by atoms with Crippen LogP contribution in [0.2, 0.25) is 0 Å². The number of nitriles is 1. The van der Waals surface area contributed by atoms with E-state index in [-0.39, 0.29) is 0 Å². The van der Waals surface area contributed by atoms with Crippen LogP contribution < -0.4 is 5.32 Å². The number of para-hydroxylation sites is 1. The Bertz CT molecular complexity index is 610. The molecule has 1 aromatic carbocycles. The Morgan fingerprint density at radius 1 is 1.44 bits per heavy atom. The predicted molar refractivity (Wildman–Crippen MR) is 74.1 cm³/mol. The highest BCUT2D eigenvalue weighted by molar-refractivity contribution is 9.10. The summed E-state index contributed by atoms with van der Waals surface area (Å²) in [5, 5.41) is 16.6. The van der Waals surface area contributed by atoms with Crippen LogP contribution in [0.3, 0.4) is 0 Å². The van der Waals surface area contributed by atoms with Gasteiger partial charge in [0.2, 0.25) is 0 Å². The molecule has 0 aliphatic carbocycles. The fourth-order valence-corrected chi connectivity index (χ4v) is 2.26. The number of nitrogens with one attached hydrogen (secondary N) is 1. The molecule has 2 rings (SSSR count). The molecule has 1 N–H and O–H groups in total. The molecule has 5 heteroatoms. The number of halogens is 1. The Morgan fingerprint density at radius 3 is 2.78 bits per heavy atom. The lowest BCUT2D eigenvalue weighted by Crippen LogP contribution is -2.06. The van der Waals surface area contributed by atoms with E-state index in [1.54, 1.807) is 6.07 Å². The first-order chi connectivity index (χ1) is 8.63. The summed E-state index contributed by atoms with van der Waals surface area (Å²) >= 11 is 3.52. The Balaban J connectivity index is 2.20. The topological polar surface area (TPSA) is 53.6 Å². The van der Waals surface area contributed by atoms with E-state index in [9.17, 15) is 0 Å². The molecule has 0 bridgehead atoms. The second-order valence-corrected chi connectivity index (χ2v) is 4.77. The quantitative estimate of drug-likeness (QED) is 0.948. The third-order valence-corrected chi connectivity index (χ3v) is 3.79. The molecule has 18 heavy (non-hydrogen) atoms. The summed E-state index contributed by atoms with van der Waals surface area (Å²) in [5.74, 6) is 0. The van der Waals surface area contributed by atoms with Gasteiger partial charge < -0.3 is 5.32 Å². The van der Waals surface area contributed by atoms with Crippen molar-refractivity contribution in [3.63, 3.8) is 0 Å². The van der Waals surface area contributed by atoms with E-state index in [2.05, 4.69) is 32.4 Å². The summed E-state index contributed by atoms with van der Waals surface area (Å²) in [7, 11) is 1.91. The number of rotatable bonds is 3. The largest absolute Gasteiger partial charge is 0.378 e. The van der Waals surface area contributed by atoms with Crippen molar-refractivity contribution in [2.24, 2.45) is 7.05 Å². The molecular weight excluding hydrogens is 292 g/mol. The molecule has 0 spiro atoms. The molecule has 0 saturated carbocycles. The van der Waals surface area contributed by atoms with E-state index >= 15 is 0 Å². The molecule has 92 valence electrons. The third-order valence-electron chi connectivity index (χ3n) is 2.76. The van der Waals surface area contributed by atoms with Gasteiger partial charge in [0, 0.05) is 7.05 Å². The fraction of sp³-hybridized carbons (Fsp3) is 0.231. The number of aromatic nitrogens is 2. The SMILES string of the molecule is Cc1nn(C)c(CNc2ccccc2C#N)c1Br. The first kappa shape index (κ1) is 12.7. The van der Waals surface area contributed by atoms with Gasteiger partial charge in [-0.05, 0) is 35.0 Å². The van der Waals surface area contributed by atoms with Gasteiger partial charge in [-0.25, -0.2) is 0 Å². The first-order valence-corrected chi connectivity index (χ1v) is 6.33. The summed E-state index contributed by atoms with van der Waals surface area (Å²) < 4.78 is 2.84. The molecule has 0 aliphatic heterocycles. The van der Waals surface area contributed by atoms with Gasteiger partial charge in [-0.15, -0.1) is 0 Å². The van der Waals surface area contributed by atoms with Crippen molar-refractivity contribution in [3.05, 3.63) is 45.7 Å². The number of benzene rings is 1. The lowest BCUT2D eigenvalue weighted by Gasteiger charge is -2.08. The Morgan fingerprint density at radius 2 is 2.17 bits per heavy atom. The molecule has 0 radical (unpaired) electrons. The predicted octanol–water partition coefficient (Wildman–Crippen LogP) is 2.97. The summed E-state index contributed by atoms with van der Waals surface area (Å²) in [6.45, 7) is 2.58. The van der Waals surface area contributed by atoms with Crippen molar-refractivity contribution < 1.29 is 0 Å². The molecule has 0 unspecified atom stereocenters. The van der Waals surface area contributed by atoms with Crippen LogP contribution >= 0.6 is 15.9 Å². The highest BCUT2D eigenvalue weighted by Crippen LogP contribution is 2.22. The lowest BCUT2D eigenvalue weighted by molar-refractivity contribution is 0.712. The third kappa shape index (κ3) is 2.39. The number of hydrogen-bond acceptors (Lipinski definition) is 3. The molecule has 0 fully saturated rings. The monoisotopic (exact) mass is 304 g/mol. The average molecular weight is 305 g/mol. The highest BCUT2D eigenvalue weighted by Gasteiger charge is 2.10. The average Bonchev–Trinajstić information content (AvgIpc) is 2.62. The zero-order valence-electron chi connectivity index (χ0n) is 10.2. The van der Waals surface area contributed by atoms with Gasteiger partial charge in [-0.3, -0.25) is 4.68 Å². The van der Waals surface area contributed by atoms with Gasteiger partial charge >= 0.3 is 0 Å². The fourth-order valence-electron chi connectivity index (χ4n) is 1.79. The minimum atomic E-state index is 0.622. The van der Waals surface area contributed by atoms with Crippen LogP contribution in [-0.2, 0) is 13.6 Å². The van der Waals surface area contributed by atoms with Crippen LogP contribution in [0.25, 0.3) is 0 Å². The summed E-state index contributed by atoms with van der Waals surface area (Å²) in [4.78, 5) is 0. The normalized spacial score (nSPS) is 10.1. The van der Waals surface area contributed by atoms with Crippen molar-refractivity contribution in [1.29, 1.82) is 5.26 Å². The zero-order chi connectivity index (χ0) is 13.1. The smallest absolute Gasteiger partial charge is 0.101 e. The second kappa shape index (κ2) is 5.23. The highest BCUT2D eigenvalue weighted by atomic mass is 79.9. The maximum absolute atomic E-state index is 9.01. The summed E-state index contributed by atoms with van der Waals surface area (Å²) in [6, 6.07) is 9.63. The Labute approximate surface area is 114 Å². The second-order valence-electron chi connectivity index (χ2n) is 3.98. The van der Waals surface area contributed by atoms with Crippen molar-refractivity contribution in [2.45, 2.75) is 13.5 Å². The van der Waals surface area contributed by atoms with E-state index in [1.807, 2.05) is 36.9 Å². The Kier molecular flexibility index (Phi) is 3.68. The van der Waals surface area contributed by atoms with Crippen molar-refractivity contribution >= 4 is 21.6 Å². The maximum Gasteiger partial charge on any atom is 0.101 e. The summed E-state index contributed by atoms with van der Waals surface area (Å²) in [6.07, 6.45) is 0. The zero-order valence-corrected chi connectivity index (χ0v) is 11.8. The van der Waals surface area contributed by atoms with Gasteiger partial charge in [0.25, 0.3) is 0 Å². The number of hydrogen-bond donors (Lipinski definition) is 1. The van der Waals surface area contributed by atoms with Crippen LogP contribution in [-0.4, -0.2) is 9.78 Å². The molecule has 0 saturated heterocycles. The van der Waals surface area contributed by atoms with E-state index < -0.39 is 0 Å². The molecule has 2 aromatic rings. The van der Waals surface area contributed by atoms with Gasteiger partial charge in [0.1, 0.15) is 6.07 Å². The van der Waals surface area contributed by atoms with Gasteiger partial charge in [-0.2, -0.15) is 10.4 Å². The number of aryl methyl sites for hydroxylation is 2. The standard InChI is InChI=1S/C13H13BrN4/c1-9-13(14)12(18(2)17-9)8-16-11-6-4-3-5-10(11)7-15/h3-6,16H,8H2,1-2H3. The van der Waals surface area contributed by atoms with Gasteiger partial charge in [0.05, 0.1) is 33.7 Å². The van der Waals surface area contributed by atoms with Crippen LogP contribution in [0.15, 0.2) is 28.7 Å². The molecule has 0 atom stereocenters. The van der Waals surface area contributed by atoms with Gasteiger partial charge in [0.15, 0.2) is 0 Å². The summed E-state index contributed by atoms with van der Waals surface area (Å²) in [5.41, 5.74) is 3.50. The molecule has 0 aliphatic rings. The number of anilines is 1. The molecule has 1 heterocycles. The van der Waals surface area contributed by atoms with Crippen molar-refractivity contribution in [1.82, 2.24) is 9.78 Å². The van der Waals surface area contributed by atoms with Crippen molar-refractivity contribution in [3.8, 4) is 6.07 Å². The van der Waals surface area contributed by atoms with Crippen LogP contribution in [0.5, 0.6) is 0 Å². The van der Waals surface area contributed by atoms with E-state index in [1.165, 1.54) is 0 Å². The minimum Gasteiger partial charge on any atom is -0.378 e. The maximum atomic E-state index is 9.01. The van der Waals surface area contributed by atoms with Crippen LogP contribution in [0.4, 0.5) is 5.69 Å². The molecule has 4 nitrogen and oxygen atoms in total. The minimum absolute atomic E-state index is 0.622. The van der Waals surface area contributed by atoms with Crippen LogP contribution in [0, 0.1) is 18.3 Å². The molecular formula is C13H13BrN4. The lowest BCUT2D eigenvalue weighted by atomic mass is 10.2. The van der Waals surface area contributed by atoms with Crippen molar-refractivity contribution in [2.75, 3.05) is 5.32 Å². The first-order valence-electron chi connectivity index (χ1n) is 5.54.